The number of amides is 2. The zero-order valence-corrected chi connectivity index (χ0v) is 18.8. The standard InChI is InChI=1S/C28H29N3O2/c1-2-16-30-17-18-31(27(32)19-22-8-4-3-5-9-22)21-25(28(30)33)20-24-10-6-7-11-26(24)23-12-14-29-15-13-23/h2-15,25H,1,16-21H2. The number of pyridine rings is 1. The van der Waals surface area contributed by atoms with Crippen LogP contribution in [0.4, 0.5) is 0 Å². The van der Waals surface area contributed by atoms with Crippen LogP contribution in [0.3, 0.4) is 0 Å². The van der Waals surface area contributed by atoms with Crippen molar-refractivity contribution in [2.45, 2.75) is 12.8 Å². The van der Waals surface area contributed by atoms with Crippen LogP contribution in [-0.4, -0.2) is 52.8 Å². The van der Waals surface area contributed by atoms with Crippen molar-refractivity contribution in [1.29, 1.82) is 0 Å². The second kappa shape index (κ2) is 10.7. The van der Waals surface area contributed by atoms with Gasteiger partial charge in [-0.3, -0.25) is 14.6 Å². The van der Waals surface area contributed by atoms with Gasteiger partial charge in [0, 0.05) is 38.6 Å². The molecule has 0 N–H and O–H groups in total. The Bertz CT molecular complexity index is 1100. The van der Waals surface area contributed by atoms with E-state index in [0.717, 1.165) is 22.3 Å². The van der Waals surface area contributed by atoms with Crippen LogP contribution < -0.4 is 0 Å². The number of aromatic nitrogens is 1. The maximum atomic E-state index is 13.4. The number of hydrogen-bond donors (Lipinski definition) is 0. The van der Waals surface area contributed by atoms with E-state index in [9.17, 15) is 9.59 Å². The first kappa shape index (κ1) is 22.5. The zero-order chi connectivity index (χ0) is 23.0. The second-order valence-electron chi connectivity index (χ2n) is 8.37. The molecule has 2 aromatic carbocycles. The van der Waals surface area contributed by atoms with Gasteiger partial charge >= 0.3 is 0 Å². The maximum Gasteiger partial charge on any atom is 0.228 e. The van der Waals surface area contributed by atoms with Crippen LogP contribution in [-0.2, 0) is 22.4 Å². The average Bonchev–Trinajstić information content (AvgIpc) is 3.00. The van der Waals surface area contributed by atoms with Crippen molar-refractivity contribution in [2.24, 2.45) is 5.92 Å². The molecule has 0 radical (unpaired) electrons. The first-order valence-corrected chi connectivity index (χ1v) is 11.4. The Morgan fingerprint density at radius 2 is 1.73 bits per heavy atom. The molecule has 2 amide bonds. The van der Waals surface area contributed by atoms with Crippen LogP contribution in [0.15, 0.2) is 91.8 Å². The molecule has 1 aliphatic rings. The first-order valence-electron chi connectivity index (χ1n) is 11.4. The number of nitrogens with zero attached hydrogens (tertiary/aromatic N) is 3. The van der Waals surface area contributed by atoms with E-state index in [1.165, 1.54) is 0 Å². The Hall–Kier alpha value is -3.73. The third-order valence-electron chi connectivity index (χ3n) is 6.12. The summed E-state index contributed by atoms with van der Waals surface area (Å²) in [5.41, 5.74) is 4.24. The van der Waals surface area contributed by atoms with Gasteiger partial charge in [0.05, 0.1) is 12.3 Å². The fourth-order valence-corrected chi connectivity index (χ4v) is 4.42. The molecule has 1 fully saturated rings. The summed E-state index contributed by atoms with van der Waals surface area (Å²) in [5, 5.41) is 0. The molecule has 1 aromatic heterocycles. The van der Waals surface area contributed by atoms with Crippen LogP contribution in [0, 0.1) is 5.92 Å². The summed E-state index contributed by atoms with van der Waals surface area (Å²) >= 11 is 0. The molecule has 0 spiro atoms. The van der Waals surface area contributed by atoms with Gasteiger partial charge < -0.3 is 9.80 Å². The summed E-state index contributed by atoms with van der Waals surface area (Å²) in [7, 11) is 0. The molecule has 1 unspecified atom stereocenters. The molecule has 168 valence electrons. The van der Waals surface area contributed by atoms with Crippen molar-refractivity contribution >= 4 is 11.8 Å². The predicted molar refractivity (Wildman–Crippen MR) is 130 cm³/mol. The lowest BCUT2D eigenvalue weighted by molar-refractivity contribution is -0.134. The topological polar surface area (TPSA) is 53.5 Å². The van der Waals surface area contributed by atoms with E-state index in [-0.39, 0.29) is 17.7 Å². The SMILES string of the molecule is C=CCN1CCN(C(=O)Cc2ccccc2)CC(Cc2ccccc2-c2ccncc2)C1=O. The van der Waals surface area contributed by atoms with Gasteiger partial charge in [0.15, 0.2) is 0 Å². The molecule has 3 aromatic rings. The number of benzene rings is 2. The first-order chi connectivity index (χ1) is 16.2. The van der Waals surface area contributed by atoms with Gasteiger partial charge in [-0.05, 0) is 40.8 Å². The van der Waals surface area contributed by atoms with E-state index in [1.807, 2.05) is 64.4 Å². The van der Waals surface area contributed by atoms with Gasteiger partial charge in [-0.1, -0.05) is 60.7 Å². The lowest BCUT2D eigenvalue weighted by Crippen LogP contribution is -2.38. The van der Waals surface area contributed by atoms with Crippen LogP contribution in [0.25, 0.3) is 11.1 Å². The molecular formula is C28H29N3O2. The number of rotatable bonds is 7. The van der Waals surface area contributed by atoms with E-state index in [4.69, 9.17) is 0 Å². The Labute approximate surface area is 195 Å². The highest BCUT2D eigenvalue weighted by Gasteiger charge is 2.32. The normalized spacial score (nSPS) is 16.4. The quantitative estimate of drug-likeness (QED) is 0.523. The molecule has 4 rings (SSSR count). The lowest BCUT2D eigenvalue weighted by atomic mass is 9.91. The molecule has 2 heterocycles. The van der Waals surface area contributed by atoms with Gasteiger partial charge in [-0.25, -0.2) is 0 Å². The minimum Gasteiger partial charge on any atom is -0.340 e. The van der Waals surface area contributed by atoms with Crippen LogP contribution in [0.2, 0.25) is 0 Å². The molecule has 5 heteroatoms. The van der Waals surface area contributed by atoms with Gasteiger partial charge in [-0.15, -0.1) is 6.58 Å². The average molecular weight is 440 g/mol. The third kappa shape index (κ3) is 5.55. The number of carbonyl (C=O) groups excluding carboxylic acids is 2. The van der Waals surface area contributed by atoms with E-state index in [0.29, 0.717) is 39.0 Å². The summed E-state index contributed by atoms with van der Waals surface area (Å²) < 4.78 is 0. The summed E-state index contributed by atoms with van der Waals surface area (Å²) in [6.45, 7) is 5.78. The van der Waals surface area contributed by atoms with Crippen molar-refractivity contribution in [3.63, 3.8) is 0 Å². The second-order valence-corrected chi connectivity index (χ2v) is 8.37. The van der Waals surface area contributed by atoms with Gasteiger partial charge in [-0.2, -0.15) is 0 Å². The molecule has 1 saturated heterocycles. The summed E-state index contributed by atoms with van der Waals surface area (Å²) in [6, 6.07) is 21.9. The Kier molecular flexibility index (Phi) is 7.30. The van der Waals surface area contributed by atoms with Crippen molar-refractivity contribution in [2.75, 3.05) is 26.2 Å². The van der Waals surface area contributed by atoms with Gasteiger partial charge in [0.1, 0.15) is 0 Å². The highest BCUT2D eigenvalue weighted by molar-refractivity contribution is 5.83. The minimum absolute atomic E-state index is 0.0573. The van der Waals surface area contributed by atoms with Gasteiger partial charge in [0.25, 0.3) is 0 Å². The monoisotopic (exact) mass is 439 g/mol. The Morgan fingerprint density at radius 3 is 2.48 bits per heavy atom. The van der Waals surface area contributed by atoms with Crippen molar-refractivity contribution < 1.29 is 9.59 Å². The number of carbonyl (C=O) groups is 2. The fourth-order valence-electron chi connectivity index (χ4n) is 4.42. The molecule has 0 bridgehead atoms. The predicted octanol–water partition coefficient (Wildman–Crippen LogP) is 4.01. The highest BCUT2D eigenvalue weighted by atomic mass is 16.2. The highest BCUT2D eigenvalue weighted by Crippen LogP contribution is 2.27. The zero-order valence-electron chi connectivity index (χ0n) is 18.8. The molecule has 0 aliphatic carbocycles. The van der Waals surface area contributed by atoms with Crippen LogP contribution >= 0.6 is 0 Å². The molecular weight excluding hydrogens is 410 g/mol. The largest absolute Gasteiger partial charge is 0.340 e. The van der Waals surface area contributed by atoms with E-state index in [1.54, 1.807) is 18.5 Å². The summed E-state index contributed by atoms with van der Waals surface area (Å²) in [6.07, 6.45) is 6.22. The van der Waals surface area contributed by atoms with Crippen LogP contribution in [0.1, 0.15) is 11.1 Å². The van der Waals surface area contributed by atoms with E-state index in [2.05, 4.69) is 23.7 Å². The molecule has 5 nitrogen and oxygen atoms in total. The molecule has 0 saturated carbocycles. The molecule has 1 aliphatic heterocycles. The summed E-state index contributed by atoms with van der Waals surface area (Å²) in [4.78, 5) is 34.4. The van der Waals surface area contributed by atoms with Crippen molar-refractivity contribution in [3.8, 4) is 11.1 Å². The minimum atomic E-state index is -0.310. The lowest BCUT2D eigenvalue weighted by Gasteiger charge is -2.24. The smallest absolute Gasteiger partial charge is 0.228 e. The maximum absolute atomic E-state index is 13.4. The number of hydrogen-bond acceptors (Lipinski definition) is 3. The van der Waals surface area contributed by atoms with Crippen LogP contribution in [0.5, 0.6) is 0 Å². The summed E-state index contributed by atoms with van der Waals surface area (Å²) in [5.74, 6) is -0.175. The van der Waals surface area contributed by atoms with E-state index >= 15 is 0 Å². The fraction of sp³-hybridized carbons (Fsp3) is 0.250. The van der Waals surface area contributed by atoms with E-state index < -0.39 is 0 Å². The Morgan fingerprint density at radius 1 is 1.00 bits per heavy atom. The van der Waals surface area contributed by atoms with Gasteiger partial charge in [0.2, 0.25) is 11.8 Å². The third-order valence-corrected chi connectivity index (χ3v) is 6.12. The molecule has 1 atom stereocenters. The van der Waals surface area contributed by atoms with Crippen molar-refractivity contribution in [3.05, 3.63) is 103 Å². The Balaban J connectivity index is 1.59. The molecule has 33 heavy (non-hydrogen) atoms. The van der Waals surface area contributed by atoms with Crippen molar-refractivity contribution in [1.82, 2.24) is 14.8 Å².